The summed E-state index contributed by atoms with van der Waals surface area (Å²) in [7, 11) is 1.66. The Bertz CT molecular complexity index is 651. The molecule has 19 heavy (non-hydrogen) atoms. The van der Waals surface area contributed by atoms with E-state index < -0.39 is 11.9 Å². The number of carbonyl (C=O) groups excluding carboxylic acids is 1. The van der Waals surface area contributed by atoms with Gasteiger partial charge in [0.05, 0.1) is 16.3 Å². The SMILES string of the molecule is Cn1ccnc1C(=O)Nc1c(Cl)cccc1C(=O)O. The van der Waals surface area contributed by atoms with Gasteiger partial charge in [0.1, 0.15) is 0 Å². The smallest absolute Gasteiger partial charge is 0.337 e. The van der Waals surface area contributed by atoms with Crippen LogP contribution in [0.25, 0.3) is 0 Å². The summed E-state index contributed by atoms with van der Waals surface area (Å²) in [6.07, 6.45) is 3.08. The van der Waals surface area contributed by atoms with Gasteiger partial charge in [-0.25, -0.2) is 9.78 Å². The van der Waals surface area contributed by atoms with Crippen LogP contribution in [0.3, 0.4) is 0 Å². The Morgan fingerprint density at radius 3 is 2.74 bits per heavy atom. The van der Waals surface area contributed by atoms with E-state index in [0.29, 0.717) is 0 Å². The highest BCUT2D eigenvalue weighted by Gasteiger charge is 2.18. The number of hydrogen-bond acceptors (Lipinski definition) is 3. The van der Waals surface area contributed by atoms with E-state index >= 15 is 0 Å². The molecule has 2 aromatic rings. The van der Waals surface area contributed by atoms with E-state index in [1.54, 1.807) is 13.2 Å². The van der Waals surface area contributed by atoms with Gasteiger partial charge in [-0.15, -0.1) is 0 Å². The number of carboxylic acids is 1. The molecule has 7 heteroatoms. The van der Waals surface area contributed by atoms with Crippen LogP contribution in [-0.2, 0) is 7.05 Å². The van der Waals surface area contributed by atoms with Crippen LogP contribution in [0.5, 0.6) is 0 Å². The highest BCUT2D eigenvalue weighted by Crippen LogP contribution is 2.26. The zero-order valence-electron chi connectivity index (χ0n) is 9.92. The topological polar surface area (TPSA) is 84.2 Å². The molecule has 1 heterocycles. The zero-order valence-corrected chi connectivity index (χ0v) is 10.7. The second kappa shape index (κ2) is 5.11. The first-order valence-corrected chi connectivity index (χ1v) is 5.69. The number of anilines is 1. The van der Waals surface area contributed by atoms with Crippen molar-refractivity contribution in [2.75, 3.05) is 5.32 Å². The lowest BCUT2D eigenvalue weighted by molar-refractivity contribution is 0.0698. The van der Waals surface area contributed by atoms with Crippen molar-refractivity contribution in [1.82, 2.24) is 9.55 Å². The third kappa shape index (κ3) is 2.58. The van der Waals surface area contributed by atoms with Gasteiger partial charge < -0.3 is 15.0 Å². The van der Waals surface area contributed by atoms with Gasteiger partial charge >= 0.3 is 5.97 Å². The van der Waals surface area contributed by atoms with Gasteiger partial charge in [-0.1, -0.05) is 17.7 Å². The molecule has 0 aliphatic carbocycles. The predicted molar refractivity (Wildman–Crippen MR) is 69.6 cm³/mol. The van der Waals surface area contributed by atoms with Crippen molar-refractivity contribution in [3.63, 3.8) is 0 Å². The molecule has 1 aromatic carbocycles. The molecule has 0 radical (unpaired) electrons. The lowest BCUT2D eigenvalue weighted by Gasteiger charge is -2.10. The summed E-state index contributed by atoms with van der Waals surface area (Å²) < 4.78 is 1.52. The van der Waals surface area contributed by atoms with Crippen molar-refractivity contribution in [1.29, 1.82) is 0 Å². The minimum absolute atomic E-state index is 0.0599. The molecule has 0 unspecified atom stereocenters. The standard InChI is InChI=1S/C12H10ClN3O3/c1-16-6-5-14-10(16)11(17)15-9-7(12(18)19)3-2-4-8(9)13/h2-6H,1H3,(H,15,17)(H,18,19). The molecule has 1 amide bonds. The van der Waals surface area contributed by atoms with Crippen LogP contribution >= 0.6 is 11.6 Å². The summed E-state index contributed by atoms with van der Waals surface area (Å²) in [6.45, 7) is 0. The molecule has 0 saturated carbocycles. The molecular weight excluding hydrogens is 270 g/mol. The summed E-state index contributed by atoms with van der Waals surface area (Å²) in [5, 5.41) is 11.7. The lowest BCUT2D eigenvalue weighted by Crippen LogP contribution is -2.18. The van der Waals surface area contributed by atoms with Crippen molar-refractivity contribution >= 4 is 29.2 Å². The monoisotopic (exact) mass is 279 g/mol. The molecule has 2 rings (SSSR count). The number of aromatic nitrogens is 2. The Morgan fingerprint density at radius 1 is 1.42 bits per heavy atom. The lowest BCUT2D eigenvalue weighted by atomic mass is 10.2. The fourth-order valence-corrected chi connectivity index (χ4v) is 1.81. The Kier molecular flexibility index (Phi) is 3.52. The van der Waals surface area contributed by atoms with Gasteiger partial charge in [-0.05, 0) is 12.1 Å². The van der Waals surface area contributed by atoms with Crippen LogP contribution in [0.2, 0.25) is 5.02 Å². The molecule has 2 N–H and O–H groups in total. The summed E-state index contributed by atoms with van der Waals surface area (Å²) in [6, 6.07) is 4.37. The van der Waals surface area contributed by atoms with Crippen LogP contribution < -0.4 is 5.32 Å². The second-order valence-corrected chi connectivity index (χ2v) is 4.19. The maximum atomic E-state index is 12.0. The van der Waals surface area contributed by atoms with Gasteiger partial charge in [-0.3, -0.25) is 4.79 Å². The molecule has 6 nitrogen and oxygen atoms in total. The van der Waals surface area contributed by atoms with E-state index in [1.807, 2.05) is 0 Å². The quantitative estimate of drug-likeness (QED) is 0.900. The van der Waals surface area contributed by atoms with Crippen molar-refractivity contribution in [3.05, 3.63) is 47.0 Å². The molecule has 0 atom stereocenters. The Labute approximate surface area is 113 Å². The van der Waals surface area contributed by atoms with Crippen LogP contribution in [0.4, 0.5) is 5.69 Å². The minimum atomic E-state index is -1.17. The number of carboxylic acid groups (broad SMARTS) is 1. The number of aromatic carboxylic acids is 1. The summed E-state index contributed by atoms with van der Waals surface area (Å²) in [5.41, 5.74) is -0.0141. The number of aryl methyl sites for hydroxylation is 1. The van der Waals surface area contributed by atoms with Crippen LogP contribution in [0.1, 0.15) is 21.0 Å². The number of amides is 1. The molecule has 0 fully saturated rings. The molecule has 98 valence electrons. The Morgan fingerprint density at radius 2 is 2.16 bits per heavy atom. The van der Waals surface area contributed by atoms with Crippen molar-refractivity contribution in [3.8, 4) is 0 Å². The van der Waals surface area contributed by atoms with E-state index in [0.717, 1.165) is 0 Å². The molecular formula is C12H10ClN3O3. The van der Waals surface area contributed by atoms with Gasteiger partial charge in [0.2, 0.25) is 0 Å². The van der Waals surface area contributed by atoms with Crippen LogP contribution in [0.15, 0.2) is 30.6 Å². The van der Waals surface area contributed by atoms with E-state index in [9.17, 15) is 9.59 Å². The first kappa shape index (κ1) is 13.1. The fraction of sp³-hybridized carbons (Fsp3) is 0.0833. The van der Waals surface area contributed by atoms with E-state index in [2.05, 4.69) is 10.3 Å². The number of halogens is 1. The molecule has 0 aliphatic rings. The van der Waals surface area contributed by atoms with Crippen LogP contribution in [0, 0.1) is 0 Å². The van der Waals surface area contributed by atoms with Crippen molar-refractivity contribution in [2.24, 2.45) is 7.05 Å². The van der Waals surface area contributed by atoms with Gasteiger partial charge in [0.15, 0.2) is 5.82 Å². The largest absolute Gasteiger partial charge is 0.478 e. The zero-order chi connectivity index (χ0) is 14.0. The van der Waals surface area contributed by atoms with Crippen LogP contribution in [-0.4, -0.2) is 26.5 Å². The van der Waals surface area contributed by atoms with E-state index in [4.69, 9.17) is 16.7 Å². The number of nitrogens with one attached hydrogen (secondary N) is 1. The Hall–Kier alpha value is -2.34. The third-order valence-electron chi connectivity index (χ3n) is 2.51. The highest BCUT2D eigenvalue weighted by atomic mass is 35.5. The van der Waals surface area contributed by atoms with E-state index in [1.165, 1.54) is 29.0 Å². The maximum absolute atomic E-state index is 12.0. The average molecular weight is 280 g/mol. The first-order valence-electron chi connectivity index (χ1n) is 5.31. The van der Waals surface area contributed by atoms with Crippen molar-refractivity contribution < 1.29 is 14.7 Å². The first-order chi connectivity index (χ1) is 9.00. The summed E-state index contributed by atoms with van der Waals surface area (Å²) in [5.74, 6) is -1.53. The number of para-hydroxylation sites is 1. The van der Waals surface area contributed by atoms with Gasteiger partial charge in [0, 0.05) is 19.4 Å². The number of nitrogens with zero attached hydrogens (tertiary/aromatic N) is 2. The molecule has 0 aliphatic heterocycles. The number of carbonyl (C=O) groups is 2. The predicted octanol–water partition coefficient (Wildman–Crippen LogP) is 2.02. The number of rotatable bonds is 3. The molecule has 0 bridgehead atoms. The number of imidazole rings is 1. The van der Waals surface area contributed by atoms with Crippen molar-refractivity contribution in [2.45, 2.75) is 0 Å². The number of benzene rings is 1. The van der Waals surface area contributed by atoms with E-state index in [-0.39, 0.29) is 22.1 Å². The second-order valence-electron chi connectivity index (χ2n) is 3.78. The summed E-state index contributed by atoms with van der Waals surface area (Å²) in [4.78, 5) is 26.9. The summed E-state index contributed by atoms with van der Waals surface area (Å²) >= 11 is 5.91. The molecule has 0 saturated heterocycles. The highest BCUT2D eigenvalue weighted by molar-refractivity contribution is 6.34. The Balaban J connectivity index is 2.36. The number of hydrogen-bond donors (Lipinski definition) is 2. The molecule has 1 aromatic heterocycles. The normalized spacial score (nSPS) is 10.2. The van der Waals surface area contributed by atoms with Gasteiger partial charge in [-0.2, -0.15) is 0 Å². The fourth-order valence-electron chi connectivity index (χ4n) is 1.58. The molecule has 0 spiro atoms. The minimum Gasteiger partial charge on any atom is -0.478 e. The maximum Gasteiger partial charge on any atom is 0.337 e. The third-order valence-corrected chi connectivity index (χ3v) is 2.82. The average Bonchev–Trinajstić information content (AvgIpc) is 2.77. The van der Waals surface area contributed by atoms with Gasteiger partial charge in [0.25, 0.3) is 5.91 Å².